The zero-order valence-corrected chi connectivity index (χ0v) is 16.6. The number of hydrogen-bond donors (Lipinski definition) is 1. The standard InChI is InChI=1S/C21H19N3O3S/c1-12-5-4-6-16(13(12)2)21-23-14(3)19(28-21)20(25)24-22-10-15-7-8-17-18(9-15)27-11-26-17/h4-10H,11H2,1-3H3,(H,24,25)/b22-10+. The summed E-state index contributed by atoms with van der Waals surface area (Å²) in [7, 11) is 0. The van der Waals surface area contributed by atoms with Crippen molar-refractivity contribution >= 4 is 23.5 Å². The van der Waals surface area contributed by atoms with Gasteiger partial charge in [-0.1, -0.05) is 18.2 Å². The normalized spacial score (nSPS) is 12.5. The summed E-state index contributed by atoms with van der Waals surface area (Å²) in [6.45, 7) is 6.19. The van der Waals surface area contributed by atoms with Crippen molar-refractivity contribution in [1.82, 2.24) is 10.4 Å². The van der Waals surface area contributed by atoms with E-state index in [1.54, 1.807) is 6.21 Å². The fraction of sp³-hybridized carbons (Fsp3) is 0.190. The Morgan fingerprint density at radius 2 is 2.00 bits per heavy atom. The van der Waals surface area contributed by atoms with Gasteiger partial charge in [-0.25, -0.2) is 10.4 Å². The number of carbonyl (C=O) groups is 1. The molecule has 2 heterocycles. The second-order valence-electron chi connectivity index (χ2n) is 6.49. The molecule has 1 aromatic heterocycles. The van der Waals surface area contributed by atoms with E-state index in [-0.39, 0.29) is 12.7 Å². The predicted octanol–water partition coefficient (Wildman–Crippen LogP) is 4.23. The lowest BCUT2D eigenvalue weighted by molar-refractivity contribution is 0.0958. The minimum atomic E-state index is -0.274. The van der Waals surface area contributed by atoms with Gasteiger partial charge in [0.15, 0.2) is 11.5 Å². The van der Waals surface area contributed by atoms with Crippen LogP contribution >= 0.6 is 11.3 Å². The monoisotopic (exact) mass is 393 g/mol. The molecular formula is C21H19N3O3S. The first-order valence-corrected chi connectivity index (χ1v) is 9.61. The molecule has 0 radical (unpaired) electrons. The van der Waals surface area contributed by atoms with E-state index in [0.717, 1.165) is 16.1 Å². The van der Waals surface area contributed by atoms with Gasteiger partial charge < -0.3 is 9.47 Å². The summed E-state index contributed by atoms with van der Waals surface area (Å²) in [5.41, 5.74) is 7.50. The Bertz CT molecular complexity index is 1090. The first-order chi connectivity index (χ1) is 13.5. The van der Waals surface area contributed by atoms with Gasteiger partial charge in [-0.3, -0.25) is 4.79 Å². The molecule has 0 bridgehead atoms. The number of aromatic nitrogens is 1. The van der Waals surface area contributed by atoms with E-state index in [4.69, 9.17) is 9.47 Å². The topological polar surface area (TPSA) is 72.8 Å². The van der Waals surface area contributed by atoms with Crippen molar-refractivity contribution in [3.63, 3.8) is 0 Å². The highest BCUT2D eigenvalue weighted by Gasteiger charge is 2.17. The number of benzene rings is 2. The highest BCUT2D eigenvalue weighted by atomic mass is 32.1. The van der Waals surface area contributed by atoms with E-state index < -0.39 is 0 Å². The molecule has 4 rings (SSSR count). The fourth-order valence-electron chi connectivity index (χ4n) is 2.91. The van der Waals surface area contributed by atoms with Crippen LogP contribution in [0.25, 0.3) is 10.6 Å². The molecule has 1 amide bonds. The minimum Gasteiger partial charge on any atom is -0.454 e. The summed E-state index contributed by atoms with van der Waals surface area (Å²) >= 11 is 1.37. The molecule has 0 aliphatic carbocycles. The maximum absolute atomic E-state index is 12.5. The highest BCUT2D eigenvalue weighted by molar-refractivity contribution is 7.17. The molecule has 1 aliphatic heterocycles. The Kier molecular flexibility index (Phi) is 4.83. The lowest BCUT2D eigenvalue weighted by atomic mass is 10.0. The summed E-state index contributed by atoms with van der Waals surface area (Å²) in [6.07, 6.45) is 1.57. The number of hydrogen-bond acceptors (Lipinski definition) is 6. The largest absolute Gasteiger partial charge is 0.454 e. The smallest absolute Gasteiger partial charge is 0.283 e. The van der Waals surface area contributed by atoms with Crippen molar-refractivity contribution in [3.05, 3.63) is 63.7 Å². The van der Waals surface area contributed by atoms with Gasteiger partial charge in [0.25, 0.3) is 5.91 Å². The Morgan fingerprint density at radius 3 is 2.86 bits per heavy atom. The van der Waals surface area contributed by atoms with Crippen LogP contribution in [0.15, 0.2) is 41.5 Å². The number of amides is 1. The zero-order chi connectivity index (χ0) is 19.7. The maximum Gasteiger partial charge on any atom is 0.283 e. The second-order valence-corrected chi connectivity index (χ2v) is 7.49. The lowest BCUT2D eigenvalue weighted by Gasteiger charge is -2.04. The first kappa shape index (κ1) is 18.2. The number of carbonyl (C=O) groups excluding carboxylic acids is 1. The minimum absolute atomic E-state index is 0.222. The van der Waals surface area contributed by atoms with Gasteiger partial charge in [-0.2, -0.15) is 5.10 Å². The van der Waals surface area contributed by atoms with Crippen molar-refractivity contribution in [2.75, 3.05) is 6.79 Å². The molecule has 0 saturated carbocycles. The molecule has 142 valence electrons. The Hall–Kier alpha value is -3.19. The number of ether oxygens (including phenoxy) is 2. The number of nitrogens with zero attached hydrogens (tertiary/aromatic N) is 2. The van der Waals surface area contributed by atoms with E-state index in [2.05, 4.69) is 35.4 Å². The molecule has 1 aliphatic rings. The van der Waals surface area contributed by atoms with E-state index in [1.165, 1.54) is 22.5 Å². The summed E-state index contributed by atoms with van der Waals surface area (Å²) in [4.78, 5) is 17.7. The van der Waals surface area contributed by atoms with Crippen LogP contribution in [-0.2, 0) is 0 Å². The Balaban J connectivity index is 1.49. The van der Waals surface area contributed by atoms with Crippen LogP contribution in [0.3, 0.4) is 0 Å². The van der Waals surface area contributed by atoms with E-state index in [1.807, 2.05) is 37.3 Å². The maximum atomic E-state index is 12.5. The average Bonchev–Trinajstić information content (AvgIpc) is 3.30. The average molecular weight is 393 g/mol. The van der Waals surface area contributed by atoms with Crippen LogP contribution in [0.1, 0.15) is 32.1 Å². The second kappa shape index (κ2) is 7.44. The molecule has 0 saturated heterocycles. The predicted molar refractivity (Wildman–Crippen MR) is 109 cm³/mol. The highest BCUT2D eigenvalue weighted by Crippen LogP contribution is 2.32. The van der Waals surface area contributed by atoms with Gasteiger partial charge in [0.05, 0.1) is 11.9 Å². The SMILES string of the molecule is Cc1cccc(-c2nc(C)c(C(=O)N/N=C/c3ccc4c(c3)OCO4)s2)c1C. The molecule has 0 spiro atoms. The Labute approximate surface area is 166 Å². The molecule has 0 fully saturated rings. The zero-order valence-electron chi connectivity index (χ0n) is 15.8. The van der Waals surface area contributed by atoms with E-state index in [9.17, 15) is 4.79 Å². The fourth-order valence-corrected chi connectivity index (χ4v) is 3.95. The van der Waals surface area contributed by atoms with Gasteiger partial charge in [0.2, 0.25) is 6.79 Å². The van der Waals surface area contributed by atoms with Crippen molar-refractivity contribution in [3.8, 4) is 22.1 Å². The van der Waals surface area contributed by atoms with E-state index >= 15 is 0 Å². The lowest BCUT2D eigenvalue weighted by Crippen LogP contribution is -2.17. The van der Waals surface area contributed by atoms with Gasteiger partial charge >= 0.3 is 0 Å². The van der Waals surface area contributed by atoms with Crippen LogP contribution < -0.4 is 14.9 Å². The summed E-state index contributed by atoms with van der Waals surface area (Å²) in [6, 6.07) is 11.6. The van der Waals surface area contributed by atoms with Gasteiger partial charge in [0, 0.05) is 5.56 Å². The van der Waals surface area contributed by atoms with Gasteiger partial charge in [-0.05, 0) is 55.7 Å². The first-order valence-electron chi connectivity index (χ1n) is 8.80. The molecule has 3 aromatic rings. The van der Waals surface area contributed by atoms with Gasteiger partial charge in [0.1, 0.15) is 9.88 Å². The van der Waals surface area contributed by atoms with Crippen LogP contribution in [0.4, 0.5) is 0 Å². The van der Waals surface area contributed by atoms with Crippen molar-refractivity contribution in [2.24, 2.45) is 5.10 Å². The van der Waals surface area contributed by atoms with Gasteiger partial charge in [-0.15, -0.1) is 11.3 Å². The molecule has 28 heavy (non-hydrogen) atoms. The van der Waals surface area contributed by atoms with E-state index in [0.29, 0.717) is 22.1 Å². The summed E-state index contributed by atoms with van der Waals surface area (Å²) in [5, 5.41) is 4.89. The quantitative estimate of drug-likeness (QED) is 0.532. The molecule has 6 nitrogen and oxygen atoms in total. The third-order valence-electron chi connectivity index (χ3n) is 4.61. The number of rotatable bonds is 4. The number of fused-ring (bicyclic) bond motifs is 1. The third-order valence-corrected chi connectivity index (χ3v) is 5.80. The van der Waals surface area contributed by atoms with Crippen molar-refractivity contribution in [1.29, 1.82) is 0 Å². The molecule has 1 N–H and O–H groups in total. The number of hydrazone groups is 1. The number of nitrogens with one attached hydrogen (secondary N) is 1. The summed E-state index contributed by atoms with van der Waals surface area (Å²) in [5.74, 6) is 1.11. The van der Waals surface area contributed by atoms with Crippen molar-refractivity contribution in [2.45, 2.75) is 20.8 Å². The number of aryl methyl sites for hydroxylation is 2. The van der Waals surface area contributed by atoms with Crippen LogP contribution in [0.5, 0.6) is 11.5 Å². The molecule has 0 unspecified atom stereocenters. The molecule has 0 atom stereocenters. The van der Waals surface area contributed by atoms with Crippen LogP contribution in [-0.4, -0.2) is 23.9 Å². The van der Waals surface area contributed by atoms with Crippen LogP contribution in [0, 0.1) is 20.8 Å². The third kappa shape index (κ3) is 3.48. The molecule has 7 heteroatoms. The summed E-state index contributed by atoms with van der Waals surface area (Å²) < 4.78 is 10.6. The number of thiazole rings is 1. The van der Waals surface area contributed by atoms with Crippen LogP contribution in [0.2, 0.25) is 0 Å². The molecule has 2 aromatic carbocycles. The molecular weight excluding hydrogens is 374 g/mol. The Morgan fingerprint density at radius 1 is 1.18 bits per heavy atom. The van der Waals surface area contributed by atoms with Crippen molar-refractivity contribution < 1.29 is 14.3 Å².